The third-order valence-electron chi connectivity index (χ3n) is 3.10. The van der Waals surface area contributed by atoms with Gasteiger partial charge in [-0.2, -0.15) is 0 Å². The van der Waals surface area contributed by atoms with Crippen LogP contribution in [0.25, 0.3) is 0 Å². The quantitative estimate of drug-likeness (QED) is 0.853. The molecule has 0 spiro atoms. The van der Waals surface area contributed by atoms with Crippen LogP contribution in [-0.2, 0) is 11.3 Å². The van der Waals surface area contributed by atoms with Gasteiger partial charge in [-0.25, -0.2) is 0 Å². The molecule has 2 atom stereocenters. The van der Waals surface area contributed by atoms with Crippen molar-refractivity contribution in [1.29, 1.82) is 0 Å². The van der Waals surface area contributed by atoms with E-state index in [0.717, 1.165) is 29.9 Å². The molecule has 0 bridgehead atoms. The lowest BCUT2D eigenvalue weighted by Gasteiger charge is -2.36. The predicted molar refractivity (Wildman–Crippen MR) is 73.8 cm³/mol. The number of benzene rings is 1. The zero-order chi connectivity index (χ0) is 12.4. The molecule has 0 amide bonds. The van der Waals surface area contributed by atoms with Crippen LogP contribution in [0.15, 0.2) is 22.7 Å². The highest BCUT2D eigenvalue weighted by Crippen LogP contribution is 2.21. The minimum Gasteiger partial charge on any atom is -0.399 e. The first-order valence-electron chi connectivity index (χ1n) is 5.95. The minimum atomic E-state index is 0.315. The molecule has 1 heterocycles. The fourth-order valence-electron chi connectivity index (χ4n) is 2.19. The van der Waals surface area contributed by atoms with E-state index in [1.807, 2.05) is 12.1 Å². The zero-order valence-electron chi connectivity index (χ0n) is 10.3. The molecule has 4 heteroatoms. The second-order valence-electron chi connectivity index (χ2n) is 4.82. The van der Waals surface area contributed by atoms with Gasteiger partial charge in [-0.1, -0.05) is 15.9 Å². The van der Waals surface area contributed by atoms with E-state index in [9.17, 15) is 0 Å². The maximum absolute atomic E-state index is 5.85. The zero-order valence-corrected chi connectivity index (χ0v) is 11.9. The SMILES string of the molecule is CC1CN(Cc2cc(N)cc(Br)c2)C(C)CO1. The molecule has 3 nitrogen and oxygen atoms in total. The van der Waals surface area contributed by atoms with Crippen molar-refractivity contribution in [3.63, 3.8) is 0 Å². The number of anilines is 1. The standard InChI is InChI=1S/C13H19BrN2O/c1-9-8-17-10(2)6-16(9)7-11-3-12(14)5-13(15)4-11/h3-5,9-10H,6-8,15H2,1-2H3. The Kier molecular flexibility index (Phi) is 4.07. The third kappa shape index (κ3) is 3.44. The molecule has 1 aromatic carbocycles. The van der Waals surface area contributed by atoms with Gasteiger partial charge in [0.15, 0.2) is 0 Å². The predicted octanol–water partition coefficient (Wildman–Crippen LogP) is 2.64. The van der Waals surface area contributed by atoms with E-state index in [1.54, 1.807) is 0 Å². The summed E-state index contributed by atoms with van der Waals surface area (Å²) in [5, 5.41) is 0. The summed E-state index contributed by atoms with van der Waals surface area (Å²) in [6, 6.07) is 6.56. The average Bonchev–Trinajstić information content (AvgIpc) is 2.22. The van der Waals surface area contributed by atoms with Crippen molar-refractivity contribution in [2.75, 3.05) is 18.9 Å². The van der Waals surface area contributed by atoms with Gasteiger partial charge in [-0.05, 0) is 37.6 Å². The molecule has 0 radical (unpaired) electrons. The Bertz CT molecular complexity index is 377. The molecular formula is C13H19BrN2O. The fraction of sp³-hybridized carbons (Fsp3) is 0.538. The summed E-state index contributed by atoms with van der Waals surface area (Å²) in [6.45, 7) is 7.04. The molecule has 0 aromatic heterocycles. The van der Waals surface area contributed by atoms with Crippen LogP contribution in [0.4, 0.5) is 5.69 Å². The first-order chi connectivity index (χ1) is 8.04. The van der Waals surface area contributed by atoms with Crippen LogP contribution in [0.1, 0.15) is 19.4 Å². The van der Waals surface area contributed by atoms with Crippen molar-refractivity contribution in [3.05, 3.63) is 28.2 Å². The number of hydrogen-bond acceptors (Lipinski definition) is 3. The van der Waals surface area contributed by atoms with Crippen molar-refractivity contribution < 1.29 is 4.74 Å². The lowest BCUT2D eigenvalue weighted by atomic mass is 10.1. The number of ether oxygens (including phenoxy) is 1. The number of rotatable bonds is 2. The van der Waals surface area contributed by atoms with Gasteiger partial charge in [0.25, 0.3) is 0 Å². The van der Waals surface area contributed by atoms with Crippen molar-refractivity contribution in [2.45, 2.75) is 32.5 Å². The van der Waals surface area contributed by atoms with E-state index >= 15 is 0 Å². The van der Waals surface area contributed by atoms with E-state index < -0.39 is 0 Å². The Morgan fingerprint density at radius 3 is 2.88 bits per heavy atom. The Labute approximate surface area is 111 Å². The molecule has 2 unspecified atom stereocenters. The molecule has 2 N–H and O–H groups in total. The normalized spacial score (nSPS) is 26.1. The van der Waals surface area contributed by atoms with Crippen LogP contribution in [0.5, 0.6) is 0 Å². The molecule has 1 fully saturated rings. The highest BCUT2D eigenvalue weighted by atomic mass is 79.9. The lowest BCUT2D eigenvalue weighted by Crippen LogP contribution is -2.46. The summed E-state index contributed by atoms with van der Waals surface area (Å²) < 4.78 is 6.67. The van der Waals surface area contributed by atoms with Crippen LogP contribution in [0.3, 0.4) is 0 Å². The van der Waals surface area contributed by atoms with Gasteiger partial charge in [0.1, 0.15) is 0 Å². The van der Waals surface area contributed by atoms with Gasteiger partial charge in [0, 0.05) is 29.3 Å². The van der Waals surface area contributed by atoms with E-state index in [-0.39, 0.29) is 0 Å². The Balaban J connectivity index is 2.08. The number of hydrogen-bond donors (Lipinski definition) is 1. The number of nitrogen functional groups attached to an aromatic ring is 1. The summed E-state index contributed by atoms with van der Waals surface area (Å²) in [6.07, 6.45) is 0.315. The highest BCUT2D eigenvalue weighted by Gasteiger charge is 2.23. The monoisotopic (exact) mass is 298 g/mol. The van der Waals surface area contributed by atoms with Gasteiger partial charge >= 0.3 is 0 Å². The van der Waals surface area contributed by atoms with Gasteiger partial charge in [0.05, 0.1) is 12.7 Å². The molecule has 2 rings (SSSR count). The maximum atomic E-state index is 5.85. The number of halogens is 1. The lowest BCUT2D eigenvalue weighted by molar-refractivity contribution is -0.0526. The van der Waals surface area contributed by atoms with Crippen molar-refractivity contribution in [1.82, 2.24) is 4.90 Å². The van der Waals surface area contributed by atoms with Crippen LogP contribution in [0, 0.1) is 0 Å². The van der Waals surface area contributed by atoms with Crippen LogP contribution in [0.2, 0.25) is 0 Å². The van der Waals surface area contributed by atoms with E-state index in [2.05, 4.69) is 40.7 Å². The third-order valence-corrected chi connectivity index (χ3v) is 3.56. The Hall–Kier alpha value is -0.580. The molecular weight excluding hydrogens is 280 g/mol. The number of nitrogens with zero attached hydrogens (tertiary/aromatic N) is 1. The molecule has 1 saturated heterocycles. The molecule has 0 saturated carbocycles. The summed E-state index contributed by atoms with van der Waals surface area (Å²) in [5.74, 6) is 0. The summed E-state index contributed by atoms with van der Waals surface area (Å²) in [7, 11) is 0. The van der Waals surface area contributed by atoms with E-state index in [1.165, 1.54) is 5.56 Å². The number of morpholine rings is 1. The van der Waals surface area contributed by atoms with Crippen molar-refractivity contribution in [3.8, 4) is 0 Å². The van der Waals surface area contributed by atoms with Gasteiger partial charge < -0.3 is 10.5 Å². The first kappa shape index (κ1) is 12.9. The molecule has 17 heavy (non-hydrogen) atoms. The Morgan fingerprint density at radius 1 is 1.41 bits per heavy atom. The molecule has 94 valence electrons. The Morgan fingerprint density at radius 2 is 2.18 bits per heavy atom. The summed E-state index contributed by atoms with van der Waals surface area (Å²) in [5.41, 5.74) is 7.91. The largest absolute Gasteiger partial charge is 0.399 e. The van der Waals surface area contributed by atoms with Crippen LogP contribution in [-0.4, -0.2) is 30.2 Å². The van der Waals surface area contributed by atoms with E-state index in [0.29, 0.717) is 12.1 Å². The smallest absolute Gasteiger partial charge is 0.0674 e. The van der Waals surface area contributed by atoms with Crippen molar-refractivity contribution >= 4 is 21.6 Å². The molecule has 1 aliphatic heterocycles. The van der Waals surface area contributed by atoms with Crippen molar-refractivity contribution in [2.24, 2.45) is 0 Å². The van der Waals surface area contributed by atoms with Crippen LogP contribution < -0.4 is 5.73 Å². The van der Waals surface area contributed by atoms with Gasteiger partial charge in [-0.3, -0.25) is 4.90 Å². The molecule has 1 aliphatic rings. The maximum Gasteiger partial charge on any atom is 0.0674 e. The summed E-state index contributed by atoms with van der Waals surface area (Å²) >= 11 is 3.48. The van der Waals surface area contributed by atoms with Gasteiger partial charge in [-0.15, -0.1) is 0 Å². The summed E-state index contributed by atoms with van der Waals surface area (Å²) in [4.78, 5) is 2.44. The molecule has 0 aliphatic carbocycles. The van der Waals surface area contributed by atoms with E-state index in [4.69, 9.17) is 10.5 Å². The minimum absolute atomic E-state index is 0.315. The topological polar surface area (TPSA) is 38.5 Å². The number of nitrogens with two attached hydrogens (primary N) is 1. The first-order valence-corrected chi connectivity index (χ1v) is 6.74. The second-order valence-corrected chi connectivity index (χ2v) is 5.73. The molecule has 1 aromatic rings. The average molecular weight is 299 g/mol. The van der Waals surface area contributed by atoms with Gasteiger partial charge in [0.2, 0.25) is 0 Å². The highest BCUT2D eigenvalue weighted by molar-refractivity contribution is 9.10. The van der Waals surface area contributed by atoms with Crippen LogP contribution >= 0.6 is 15.9 Å². The fourth-order valence-corrected chi connectivity index (χ4v) is 2.75. The second kappa shape index (κ2) is 5.38.